The molecule has 17 heavy (non-hydrogen) atoms. The van der Waals surface area contributed by atoms with Crippen LogP contribution in [0.3, 0.4) is 0 Å². The molecule has 0 aromatic carbocycles. The first-order valence-electron chi connectivity index (χ1n) is 5.17. The Morgan fingerprint density at radius 3 is 2.71 bits per heavy atom. The van der Waals surface area contributed by atoms with Gasteiger partial charge in [-0.15, -0.1) is 5.10 Å². The Hall–Kier alpha value is -0.985. The summed E-state index contributed by atoms with van der Waals surface area (Å²) in [5, 5.41) is 11.9. The zero-order chi connectivity index (χ0) is 12.5. The summed E-state index contributed by atoms with van der Waals surface area (Å²) in [6.07, 6.45) is 3.53. The van der Waals surface area contributed by atoms with Crippen molar-refractivity contribution in [1.82, 2.24) is 20.0 Å². The number of hydrogen-bond acceptors (Lipinski definition) is 4. The molecule has 0 aliphatic carbocycles. The maximum Gasteiger partial charge on any atom is 0.233 e. The first-order chi connectivity index (χ1) is 7.94. The fourth-order valence-corrected chi connectivity index (χ4v) is 1.67. The van der Waals surface area contributed by atoms with Gasteiger partial charge in [0.1, 0.15) is 27.2 Å². The Labute approximate surface area is 116 Å². The van der Waals surface area contributed by atoms with Crippen molar-refractivity contribution in [1.29, 1.82) is 0 Å². The van der Waals surface area contributed by atoms with Gasteiger partial charge in [-0.1, -0.05) is 0 Å². The van der Waals surface area contributed by atoms with E-state index in [-0.39, 0.29) is 5.30 Å². The van der Waals surface area contributed by atoms with E-state index in [4.69, 9.17) is 4.74 Å². The number of rotatable bonds is 3. The molecule has 0 saturated heterocycles. The molecule has 0 saturated carbocycles. The van der Waals surface area contributed by atoms with E-state index in [2.05, 4.69) is 37.9 Å². The Kier molecular flexibility index (Phi) is 3.46. The van der Waals surface area contributed by atoms with Crippen molar-refractivity contribution in [2.45, 2.75) is 5.30 Å². The predicted octanol–water partition coefficient (Wildman–Crippen LogP) is -1.84. The molecule has 0 unspecified atom stereocenters. The number of hydrogen-bond donors (Lipinski definition) is 0. The van der Waals surface area contributed by atoms with Crippen LogP contribution in [0.2, 0.25) is 0 Å². The van der Waals surface area contributed by atoms with Gasteiger partial charge in [0.05, 0.1) is 11.9 Å². The van der Waals surface area contributed by atoms with Crippen LogP contribution in [-0.2, 0) is 0 Å². The summed E-state index contributed by atoms with van der Waals surface area (Å²) in [6, 6.07) is 3.74. The molecule has 0 N–H and O–H groups in total. The molecule has 0 aliphatic rings. The van der Waals surface area contributed by atoms with Gasteiger partial charge in [-0.2, -0.15) is 10.2 Å². The number of ether oxygens (including phenoxy) is 1. The topological polar surface area (TPSA) is 52.8 Å². The Morgan fingerprint density at radius 2 is 2.12 bits per heavy atom. The minimum Gasteiger partial charge on any atom is -0.498 e. The third-order valence-electron chi connectivity index (χ3n) is 1.85. The van der Waals surface area contributed by atoms with Gasteiger partial charge in [-0.05, 0) is 28.7 Å². The molecule has 0 bridgehead atoms. The van der Waals surface area contributed by atoms with Crippen molar-refractivity contribution in [2.24, 2.45) is 0 Å². The molecule has 0 aliphatic heterocycles. The first-order valence-corrected chi connectivity index (χ1v) is 6.25. The average molecular weight is 338 g/mol. The molecular formula is C8H10B3IN4O. The zero-order valence-electron chi connectivity index (χ0n) is 9.88. The van der Waals surface area contributed by atoms with Gasteiger partial charge in [0.25, 0.3) is 0 Å². The molecule has 0 radical (unpaired) electrons. The molecular weight excluding hydrogens is 327 g/mol. The van der Waals surface area contributed by atoms with Gasteiger partial charge in [0, 0.05) is 17.6 Å². The average Bonchev–Trinajstić information content (AvgIpc) is 2.63. The molecule has 2 aromatic rings. The van der Waals surface area contributed by atoms with Crippen LogP contribution in [0.25, 0.3) is 5.69 Å². The van der Waals surface area contributed by atoms with Crippen molar-refractivity contribution in [3.8, 4) is 11.6 Å². The van der Waals surface area contributed by atoms with Crippen LogP contribution in [0.15, 0.2) is 24.5 Å². The van der Waals surface area contributed by atoms with Crippen LogP contribution in [-0.4, -0.2) is 48.8 Å². The number of nitrogens with zero attached hydrogens (tertiary/aromatic N) is 4. The second kappa shape index (κ2) is 4.71. The Bertz CT molecular complexity index is 527. The van der Waals surface area contributed by atoms with Crippen molar-refractivity contribution < 1.29 is 4.74 Å². The largest absolute Gasteiger partial charge is 0.498 e. The van der Waals surface area contributed by atoms with Crippen molar-refractivity contribution in [3.63, 3.8) is 0 Å². The third kappa shape index (κ3) is 3.48. The van der Waals surface area contributed by atoms with Crippen molar-refractivity contribution >= 4 is 46.1 Å². The quantitative estimate of drug-likeness (QED) is 0.488. The van der Waals surface area contributed by atoms with Gasteiger partial charge in [0.15, 0.2) is 0 Å². The lowest BCUT2D eigenvalue weighted by atomic mass is 9.52. The van der Waals surface area contributed by atoms with E-state index < -0.39 is 0 Å². The van der Waals surface area contributed by atoms with E-state index in [1.807, 2.05) is 41.9 Å². The van der Waals surface area contributed by atoms with Crippen LogP contribution < -0.4 is 4.74 Å². The van der Waals surface area contributed by atoms with E-state index in [9.17, 15) is 0 Å². The highest BCUT2D eigenvalue weighted by Crippen LogP contribution is 2.14. The molecule has 2 aromatic heterocycles. The highest BCUT2D eigenvalue weighted by molar-refractivity contribution is 14.1. The maximum atomic E-state index is 5.65. The van der Waals surface area contributed by atoms with E-state index in [1.165, 1.54) is 0 Å². The minimum absolute atomic E-state index is 0.286. The molecule has 0 spiro atoms. The van der Waals surface area contributed by atoms with Crippen LogP contribution in [0.4, 0.5) is 0 Å². The predicted molar refractivity (Wildman–Crippen MR) is 80.9 cm³/mol. The molecule has 0 amide bonds. The zero-order valence-corrected chi connectivity index (χ0v) is 12.0. The lowest BCUT2D eigenvalue weighted by molar-refractivity contribution is 0.301. The highest BCUT2D eigenvalue weighted by Gasteiger charge is 2.14. The number of aromatic nitrogens is 4. The normalized spacial score (nSPS) is 11.4. The van der Waals surface area contributed by atoms with Gasteiger partial charge in [-0.25, -0.2) is 4.68 Å². The molecule has 5 nitrogen and oxygen atoms in total. The van der Waals surface area contributed by atoms with Crippen LogP contribution in [0, 0.1) is 3.70 Å². The Morgan fingerprint density at radius 1 is 1.35 bits per heavy atom. The fourth-order valence-electron chi connectivity index (χ4n) is 1.27. The molecule has 84 valence electrons. The monoisotopic (exact) mass is 338 g/mol. The van der Waals surface area contributed by atoms with Crippen molar-refractivity contribution in [2.75, 3.05) is 0 Å². The van der Waals surface area contributed by atoms with Gasteiger partial charge < -0.3 is 4.74 Å². The summed E-state index contributed by atoms with van der Waals surface area (Å²) < 4.78 is 8.32. The smallest absolute Gasteiger partial charge is 0.233 e. The van der Waals surface area contributed by atoms with Gasteiger partial charge >= 0.3 is 0 Å². The summed E-state index contributed by atoms with van der Waals surface area (Å²) in [5.74, 6) is 0.500. The van der Waals surface area contributed by atoms with Gasteiger partial charge in [-0.3, -0.25) is 0 Å². The first kappa shape index (κ1) is 12.5. The summed E-state index contributed by atoms with van der Waals surface area (Å²) in [7, 11) is 5.91. The highest BCUT2D eigenvalue weighted by atomic mass is 127. The molecule has 2 heterocycles. The fraction of sp³-hybridized carbons (Fsp3) is 0.125. The maximum absolute atomic E-state index is 5.65. The molecule has 0 atom stereocenters. The standard InChI is InChI=1S/C8H10B3IN4O/c9-8(10,11)17-7-3-5(4-13-14-7)16-2-1-6(12)15-16/h1-4H,9-11H2. The van der Waals surface area contributed by atoms with E-state index >= 15 is 0 Å². The molecule has 9 heteroatoms. The minimum atomic E-state index is -0.286. The molecule has 2 rings (SSSR count). The second-order valence-corrected chi connectivity index (χ2v) is 5.65. The third-order valence-corrected chi connectivity index (χ3v) is 2.42. The Balaban J connectivity index is 2.29. The summed E-state index contributed by atoms with van der Waals surface area (Å²) >= 11 is 2.16. The van der Waals surface area contributed by atoms with Crippen molar-refractivity contribution in [3.05, 3.63) is 28.2 Å². The summed E-state index contributed by atoms with van der Waals surface area (Å²) in [4.78, 5) is 0. The summed E-state index contributed by atoms with van der Waals surface area (Å²) in [5.41, 5.74) is 0.835. The lowest BCUT2D eigenvalue weighted by Gasteiger charge is -2.20. The van der Waals surface area contributed by atoms with E-state index in [0.717, 1.165) is 9.39 Å². The van der Waals surface area contributed by atoms with Gasteiger partial charge in [0.2, 0.25) is 5.88 Å². The van der Waals surface area contributed by atoms with Crippen LogP contribution >= 0.6 is 22.6 Å². The van der Waals surface area contributed by atoms with Crippen LogP contribution in [0.1, 0.15) is 0 Å². The SMILES string of the molecule is BC(B)(B)Oc1cc(-n2ccc(I)n2)cnn1. The van der Waals surface area contributed by atoms with E-state index in [0.29, 0.717) is 5.88 Å². The number of halogens is 1. The second-order valence-electron chi connectivity index (χ2n) is 4.55. The molecule has 0 fully saturated rings. The lowest BCUT2D eigenvalue weighted by Crippen LogP contribution is -2.37. The summed E-state index contributed by atoms with van der Waals surface area (Å²) in [6.45, 7) is 0. The van der Waals surface area contributed by atoms with E-state index in [1.54, 1.807) is 10.9 Å². The van der Waals surface area contributed by atoms with Crippen LogP contribution in [0.5, 0.6) is 5.88 Å².